The van der Waals surface area contributed by atoms with Crippen LogP contribution in [0.3, 0.4) is 0 Å². The van der Waals surface area contributed by atoms with Gasteiger partial charge in [0.2, 0.25) is 0 Å². The van der Waals surface area contributed by atoms with E-state index in [9.17, 15) is 17.6 Å². The van der Waals surface area contributed by atoms with Crippen molar-refractivity contribution >= 4 is 29.2 Å². The molecule has 0 spiro atoms. The van der Waals surface area contributed by atoms with E-state index in [0.29, 0.717) is 0 Å². The predicted molar refractivity (Wildman–Crippen MR) is 103 cm³/mol. The Labute approximate surface area is 164 Å². The maximum absolute atomic E-state index is 12.6. The van der Waals surface area contributed by atoms with Gasteiger partial charge in [0.15, 0.2) is 5.11 Å². The molecule has 150 valence electrons. The lowest BCUT2D eigenvalue weighted by atomic mass is 10.1. The molecule has 0 aliphatic heterocycles. The molecule has 5 nitrogen and oxygen atoms in total. The monoisotopic (exact) mass is 415 g/mol. The van der Waals surface area contributed by atoms with Gasteiger partial charge in [-0.25, -0.2) is 0 Å². The van der Waals surface area contributed by atoms with Crippen LogP contribution in [0.5, 0.6) is 11.5 Å². The molecule has 0 saturated carbocycles. The number of hydrogen-bond acceptors (Lipinski definition) is 4. The Morgan fingerprint density at radius 2 is 1.79 bits per heavy atom. The number of aryl methyl sites for hydroxylation is 1. The number of halogens is 4. The number of ether oxygens (including phenoxy) is 2. The van der Waals surface area contributed by atoms with Gasteiger partial charge in [-0.3, -0.25) is 5.43 Å². The zero-order valence-corrected chi connectivity index (χ0v) is 15.7. The van der Waals surface area contributed by atoms with Gasteiger partial charge in [0.25, 0.3) is 0 Å². The van der Waals surface area contributed by atoms with Crippen LogP contribution < -0.4 is 20.2 Å². The molecule has 0 radical (unpaired) electrons. The van der Waals surface area contributed by atoms with Gasteiger partial charge >= 0.3 is 13.2 Å². The molecule has 0 fully saturated rings. The summed E-state index contributed by atoms with van der Waals surface area (Å²) in [5.74, 6) is -0.685. The Bertz CT molecular complexity index is 863. The summed E-state index contributed by atoms with van der Waals surface area (Å²) >= 11 is 5.13. The van der Waals surface area contributed by atoms with Crippen molar-refractivity contribution < 1.29 is 27.0 Å². The topological polar surface area (TPSA) is 54.9 Å². The zero-order valence-electron chi connectivity index (χ0n) is 14.9. The van der Waals surface area contributed by atoms with E-state index in [1.807, 2.05) is 32.0 Å². The van der Waals surface area contributed by atoms with Crippen LogP contribution in [-0.2, 0) is 0 Å². The van der Waals surface area contributed by atoms with Crippen molar-refractivity contribution in [3.05, 3.63) is 53.1 Å². The van der Waals surface area contributed by atoms with Crippen LogP contribution in [0.1, 0.15) is 16.7 Å². The molecular formula is C18H17F4N3O2S. The number of hydrogen-bond donors (Lipinski definition) is 2. The van der Waals surface area contributed by atoms with Crippen molar-refractivity contribution in [1.82, 2.24) is 5.43 Å². The fourth-order valence-corrected chi connectivity index (χ4v) is 2.36. The number of anilines is 1. The molecule has 2 N–H and O–H groups in total. The van der Waals surface area contributed by atoms with Gasteiger partial charge in [0.1, 0.15) is 11.5 Å². The van der Waals surface area contributed by atoms with Gasteiger partial charge in [0, 0.05) is 17.3 Å². The SMILES string of the molecule is Cc1cccc(NC(=S)N/N=C\c2ccc(OC(F)F)cc2OC(F)F)c1C. The molecule has 0 unspecified atom stereocenters. The van der Waals surface area contributed by atoms with Crippen LogP contribution >= 0.6 is 12.2 Å². The van der Waals surface area contributed by atoms with E-state index in [1.165, 1.54) is 18.3 Å². The average molecular weight is 415 g/mol. The summed E-state index contributed by atoms with van der Waals surface area (Å²) in [5.41, 5.74) is 5.55. The third-order valence-electron chi connectivity index (χ3n) is 3.65. The van der Waals surface area contributed by atoms with Crippen LogP contribution in [0, 0.1) is 13.8 Å². The second-order valence-corrected chi connectivity index (χ2v) is 5.94. The zero-order chi connectivity index (χ0) is 20.7. The minimum Gasteiger partial charge on any atom is -0.435 e. The Balaban J connectivity index is 2.07. The fraction of sp³-hybridized carbons (Fsp3) is 0.222. The van der Waals surface area contributed by atoms with Crippen molar-refractivity contribution in [1.29, 1.82) is 0 Å². The predicted octanol–water partition coefficient (Wildman–Crippen LogP) is 4.83. The average Bonchev–Trinajstić information content (AvgIpc) is 2.60. The second-order valence-electron chi connectivity index (χ2n) is 5.53. The van der Waals surface area contributed by atoms with Crippen LogP contribution in [0.15, 0.2) is 41.5 Å². The van der Waals surface area contributed by atoms with Crippen molar-refractivity contribution in [2.75, 3.05) is 5.32 Å². The normalized spacial score (nSPS) is 11.1. The molecule has 2 aromatic carbocycles. The first-order valence-corrected chi connectivity index (χ1v) is 8.37. The highest BCUT2D eigenvalue weighted by Crippen LogP contribution is 2.26. The summed E-state index contributed by atoms with van der Waals surface area (Å²) < 4.78 is 58.1. The minimum absolute atomic E-state index is 0.115. The summed E-state index contributed by atoms with van der Waals surface area (Å²) in [5, 5.41) is 7.00. The highest BCUT2D eigenvalue weighted by molar-refractivity contribution is 7.80. The Morgan fingerprint density at radius 1 is 1.07 bits per heavy atom. The van der Waals surface area contributed by atoms with Crippen molar-refractivity contribution in [2.45, 2.75) is 27.1 Å². The molecule has 0 aromatic heterocycles. The first-order valence-electron chi connectivity index (χ1n) is 7.96. The Morgan fingerprint density at radius 3 is 2.46 bits per heavy atom. The highest BCUT2D eigenvalue weighted by atomic mass is 32.1. The molecule has 2 aromatic rings. The van der Waals surface area contributed by atoms with Gasteiger partial charge in [-0.1, -0.05) is 12.1 Å². The molecule has 0 aliphatic rings. The van der Waals surface area contributed by atoms with Crippen LogP contribution in [0.2, 0.25) is 0 Å². The summed E-state index contributed by atoms with van der Waals surface area (Å²) in [6, 6.07) is 9.03. The molecular weight excluding hydrogens is 398 g/mol. The summed E-state index contributed by atoms with van der Waals surface area (Å²) in [6.07, 6.45) is 1.17. The van der Waals surface area contributed by atoms with Crippen molar-refractivity contribution in [3.8, 4) is 11.5 Å². The highest BCUT2D eigenvalue weighted by Gasteiger charge is 2.12. The lowest BCUT2D eigenvalue weighted by Gasteiger charge is -2.12. The first kappa shape index (κ1) is 21.4. The van der Waals surface area contributed by atoms with E-state index in [-0.39, 0.29) is 22.2 Å². The van der Waals surface area contributed by atoms with E-state index in [1.54, 1.807) is 0 Å². The Kier molecular flexibility index (Phi) is 7.56. The summed E-state index contributed by atoms with van der Waals surface area (Å²) in [6.45, 7) is -2.34. The number of nitrogens with zero attached hydrogens (tertiary/aromatic N) is 1. The van der Waals surface area contributed by atoms with Gasteiger partial charge < -0.3 is 14.8 Å². The molecule has 0 saturated heterocycles. The van der Waals surface area contributed by atoms with Crippen LogP contribution in [0.25, 0.3) is 0 Å². The lowest BCUT2D eigenvalue weighted by molar-refractivity contribution is -0.0543. The van der Waals surface area contributed by atoms with Crippen molar-refractivity contribution in [3.63, 3.8) is 0 Å². The van der Waals surface area contributed by atoms with Gasteiger partial charge in [-0.15, -0.1) is 0 Å². The third-order valence-corrected chi connectivity index (χ3v) is 3.84. The Hall–Kier alpha value is -2.88. The molecule has 0 aliphatic carbocycles. The molecule has 0 bridgehead atoms. The molecule has 28 heavy (non-hydrogen) atoms. The van der Waals surface area contributed by atoms with Gasteiger partial charge in [0.05, 0.1) is 6.21 Å². The minimum atomic E-state index is -3.14. The van der Waals surface area contributed by atoms with Crippen LogP contribution in [-0.4, -0.2) is 24.6 Å². The number of rotatable bonds is 7. The number of alkyl halides is 4. The third kappa shape index (κ3) is 6.38. The number of benzene rings is 2. The molecule has 2 rings (SSSR count). The van der Waals surface area contributed by atoms with Crippen LogP contribution in [0.4, 0.5) is 23.2 Å². The lowest BCUT2D eigenvalue weighted by Crippen LogP contribution is -2.24. The quantitative estimate of drug-likeness (QED) is 0.294. The number of hydrazone groups is 1. The molecule has 0 heterocycles. The van der Waals surface area contributed by atoms with E-state index in [0.717, 1.165) is 22.9 Å². The van der Waals surface area contributed by atoms with Gasteiger partial charge in [-0.05, 0) is 55.4 Å². The summed E-state index contributed by atoms with van der Waals surface area (Å²) in [4.78, 5) is 0. The van der Waals surface area contributed by atoms with E-state index < -0.39 is 13.2 Å². The number of nitrogens with one attached hydrogen (secondary N) is 2. The van der Waals surface area contributed by atoms with E-state index in [4.69, 9.17) is 12.2 Å². The number of thiocarbonyl (C=S) groups is 1. The molecule has 10 heteroatoms. The van der Waals surface area contributed by atoms with E-state index in [2.05, 4.69) is 25.3 Å². The smallest absolute Gasteiger partial charge is 0.387 e. The van der Waals surface area contributed by atoms with E-state index >= 15 is 0 Å². The van der Waals surface area contributed by atoms with Gasteiger partial charge in [-0.2, -0.15) is 22.7 Å². The maximum atomic E-state index is 12.6. The maximum Gasteiger partial charge on any atom is 0.387 e. The second kappa shape index (κ2) is 9.88. The molecule has 0 amide bonds. The molecule has 0 atom stereocenters. The largest absolute Gasteiger partial charge is 0.435 e. The first-order chi connectivity index (χ1) is 13.3. The summed E-state index contributed by atoms with van der Waals surface area (Å²) in [7, 11) is 0. The standard InChI is InChI=1S/C18H17F4N3O2S/c1-10-4-3-5-14(11(10)2)24-18(28)25-23-9-12-6-7-13(26-16(19)20)8-15(12)27-17(21)22/h3-9,16-17H,1-2H3,(H2,24,25,28)/b23-9-. The van der Waals surface area contributed by atoms with Crippen molar-refractivity contribution in [2.24, 2.45) is 5.10 Å². The fourth-order valence-electron chi connectivity index (χ4n) is 2.19.